The van der Waals surface area contributed by atoms with Crippen LogP contribution < -0.4 is 0 Å². The van der Waals surface area contributed by atoms with Gasteiger partial charge in [-0.3, -0.25) is 4.98 Å². The van der Waals surface area contributed by atoms with Crippen LogP contribution in [0.5, 0.6) is 0 Å². The van der Waals surface area contributed by atoms with Gasteiger partial charge in [0.15, 0.2) is 0 Å². The predicted octanol–water partition coefficient (Wildman–Crippen LogP) is 3.13. The number of hydrogen-bond donors (Lipinski definition) is 1. The molecule has 2 nitrogen and oxygen atoms in total. The molecule has 0 unspecified atom stereocenters. The van der Waals surface area contributed by atoms with Crippen molar-refractivity contribution in [3.63, 3.8) is 0 Å². The molecular formula is C13H15NOS. The van der Waals surface area contributed by atoms with E-state index in [1.54, 1.807) is 6.20 Å². The lowest BCUT2D eigenvalue weighted by Gasteiger charge is -1.95. The first kappa shape index (κ1) is 10.2. The highest BCUT2D eigenvalue weighted by atomic mass is 32.1. The van der Waals surface area contributed by atoms with Crippen LogP contribution in [0.3, 0.4) is 0 Å². The van der Waals surface area contributed by atoms with Crippen LogP contribution in [0.1, 0.15) is 29.8 Å². The summed E-state index contributed by atoms with van der Waals surface area (Å²) >= 11 is 1.85. The van der Waals surface area contributed by atoms with Crippen LogP contribution in [0.15, 0.2) is 18.3 Å². The number of pyridine rings is 1. The number of thiophene rings is 1. The largest absolute Gasteiger partial charge is 0.390 e. The minimum Gasteiger partial charge on any atom is -0.390 e. The summed E-state index contributed by atoms with van der Waals surface area (Å²) in [5, 5.41) is 10.4. The number of fused-ring (bicyclic) bond motifs is 1. The standard InChI is InChI=1S/C13H15NOS/c15-8-12-11-7-10(4-3-9-1-2-9)16-13(11)5-6-14-12/h5-7,9,15H,1-4,8H2. The van der Waals surface area contributed by atoms with Gasteiger partial charge in [0.05, 0.1) is 12.3 Å². The third-order valence-electron chi connectivity index (χ3n) is 3.22. The van der Waals surface area contributed by atoms with Gasteiger partial charge >= 0.3 is 0 Å². The lowest BCUT2D eigenvalue weighted by Crippen LogP contribution is -1.87. The van der Waals surface area contributed by atoms with Crippen molar-refractivity contribution >= 4 is 21.4 Å². The van der Waals surface area contributed by atoms with E-state index in [2.05, 4.69) is 11.1 Å². The number of aliphatic hydroxyl groups is 1. The van der Waals surface area contributed by atoms with Gasteiger partial charge in [-0.05, 0) is 30.9 Å². The Kier molecular flexibility index (Phi) is 2.65. The molecule has 2 aromatic rings. The molecule has 1 aliphatic rings. The molecule has 3 heteroatoms. The monoisotopic (exact) mass is 233 g/mol. The van der Waals surface area contributed by atoms with Crippen LogP contribution in [0, 0.1) is 5.92 Å². The van der Waals surface area contributed by atoms with Gasteiger partial charge in [0.25, 0.3) is 0 Å². The molecule has 1 saturated carbocycles. The molecule has 0 saturated heterocycles. The van der Waals surface area contributed by atoms with Gasteiger partial charge in [0.2, 0.25) is 0 Å². The first-order valence-electron chi connectivity index (χ1n) is 5.84. The van der Waals surface area contributed by atoms with Crippen molar-refractivity contribution in [1.29, 1.82) is 0 Å². The summed E-state index contributed by atoms with van der Waals surface area (Å²) in [7, 11) is 0. The minimum atomic E-state index is 0.0378. The Balaban J connectivity index is 1.88. The van der Waals surface area contributed by atoms with E-state index in [9.17, 15) is 5.11 Å². The highest BCUT2D eigenvalue weighted by molar-refractivity contribution is 7.19. The Hall–Kier alpha value is -0.930. The summed E-state index contributed by atoms with van der Waals surface area (Å²) in [5.74, 6) is 0.987. The van der Waals surface area contributed by atoms with Crippen molar-refractivity contribution in [2.75, 3.05) is 0 Å². The van der Waals surface area contributed by atoms with E-state index in [-0.39, 0.29) is 6.61 Å². The third kappa shape index (κ3) is 1.97. The topological polar surface area (TPSA) is 33.1 Å². The number of aliphatic hydroxyl groups excluding tert-OH is 1. The number of hydrogen-bond acceptors (Lipinski definition) is 3. The van der Waals surface area contributed by atoms with Crippen molar-refractivity contribution in [1.82, 2.24) is 4.98 Å². The van der Waals surface area contributed by atoms with Crippen LogP contribution in [-0.4, -0.2) is 10.1 Å². The maximum atomic E-state index is 9.22. The van der Waals surface area contributed by atoms with Crippen LogP contribution in [0.2, 0.25) is 0 Å². The predicted molar refractivity (Wildman–Crippen MR) is 66.6 cm³/mol. The lowest BCUT2D eigenvalue weighted by atomic mass is 10.1. The zero-order valence-electron chi connectivity index (χ0n) is 9.15. The van der Waals surface area contributed by atoms with Gasteiger partial charge in [0.1, 0.15) is 0 Å². The number of rotatable bonds is 4. The zero-order chi connectivity index (χ0) is 11.0. The Morgan fingerprint density at radius 1 is 1.44 bits per heavy atom. The Morgan fingerprint density at radius 3 is 3.06 bits per heavy atom. The Morgan fingerprint density at radius 2 is 2.31 bits per heavy atom. The average Bonchev–Trinajstić information content (AvgIpc) is 3.04. The highest BCUT2D eigenvalue weighted by Crippen LogP contribution is 2.35. The number of aromatic nitrogens is 1. The van der Waals surface area contributed by atoms with E-state index in [0.717, 1.165) is 17.0 Å². The highest BCUT2D eigenvalue weighted by Gasteiger charge is 2.21. The maximum Gasteiger partial charge on any atom is 0.0859 e. The van der Waals surface area contributed by atoms with Crippen LogP contribution in [0.4, 0.5) is 0 Å². The lowest BCUT2D eigenvalue weighted by molar-refractivity contribution is 0.278. The molecule has 1 aliphatic carbocycles. The second kappa shape index (κ2) is 4.15. The van der Waals surface area contributed by atoms with Crippen LogP contribution in [0.25, 0.3) is 10.1 Å². The van der Waals surface area contributed by atoms with Crippen molar-refractivity contribution in [3.8, 4) is 0 Å². The molecule has 0 amide bonds. The summed E-state index contributed by atoms with van der Waals surface area (Å²) in [6.07, 6.45) is 7.15. The molecule has 0 aromatic carbocycles. The summed E-state index contributed by atoms with van der Waals surface area (Å²) < 4.78 is 1.25. The molecule has 0 aliphatic heterocycles. The fourth-order valence-electron chi connectivity index (χ4n) is 2.07. The molecule has 3 rings (SSSR count). The van der Waals surface area contributed by atoms with Crippen molar-refractivity contribution < 1.29 is 5.11 Å². The first-order valence-corrected chi connectivity index (χ1v) is 6.65. The summed E-state index contributed by atoms with van der Waals surface area (Å²) in [4.78, 5) is 5.64. The molecule has 1 N–H and O–H groups in total. The van der Waals surface area contributed by atoms with Gasteiger partial charge in [-0.1, -0.05) is 12.8 Å². The van der Waals surface area contributed by atoms with Crippen LogP contribution >= 0.6 is 11.3 Å². The fourth-order valence-corrected chi connectivity index (χ4v) is 3.17. The van der Waals surface area contributed by atoms with E-state index < -0.39 is 0 Å². The number of nitrogens with zero attached hydrogens (tertiary/aromatic N) is 1. The molecule has 2 heterocycles. The Bertz CT molecular complexity index is 502. The number of aryl methyl sites for hydroxylation is 1. The quantitative estimate of drug-likeness (QED) is 0.880. The van der Waals surface area contributed by atoms with E-state index in [1.165, 1.54) is 35.3 Å². The second-order valence-electron chi connectivity index (χ2n) is 4.52. The normalized spacial score (nSPS) is 15.8. The molecule has 2 aromatic heterocycles. The van der Waals surface area contributed by atoms with E-state index >= 15 is 0 Å². The Labute approximate surface area is 99.0 Å². The molecule has 0 bridgehead atoms. The molecule has 0 spiro atoms. The van der Waals surface area contributed by atoms with Crippen LogP contribution in [-0.2, 0) is 13.0 Å². The molecule has 16 heavy (non-hydrogen) atoms. The van der Waals surface area contributed by atoms with E-state index in [4.69, 9.17) is 0 Å². The van der Waals surface area contributed by atoms with Gasteiger partial charge in [-0.2, -0.15) is 0 Å². The van der Waals surface area contributed by atoms with E-state index in [1.807, 2.05) is 17.4 Å². The van der Waals surface area contributed by atoms with Gasteiger partial charge in [-0.25, -0.2) is 0 Å². The molecule has 1 fully saturated rings. The zero-order valence-corrected chi connectivity index (χ0v) is 9.96. The van der Waals surface area contributed by atoms with Crippen molar-refractivity contribution in [2.45, 2.75) is 32.3 Å². The fraction of sp³-hybridized carbons (Fsp3) is 0.462. The summed E-state index contributed by atoms with van der Waals surface area (Å²) in [6, 6.07) is 4.25. The average molecular weight is 233 g/mol. The molecular weight excluding hydrogens is 218 g/mol. The van der Waals surface area contributed by atoms with Gasteiger partial charge in [-0.15, -0.1) is 11.3 Å². The minimum absolute atomic E-state index is 0.0378. The van der Waals surface area contributed by atoms with Crippen molar-refractivity contribution in [3.05, 3.63) is 28.9 Å². The van der Waals surface area contributed by atoms with Gasteiger partial charge < -0.3 is 5.11 Å². The maximum absolute atomic E-state index is 9.22. The first-order chi connectivity index (χ1) is 7.86. The summed E-state index contributed by atoms with van der Waals surface area (Å²) in [6.45, 7) is 0.0378. The van der Waals surface area contributed by atoms with Crippen molar-refractivity contribution in [2.24, 2.45) is 5.92 Å². The van der Waals surface area contributed by atoms with E-state index in [0.29, 0.717) is 0 Å². The third-order valence-corrected chi connectivity index (χ3v) is 4.38. The molecule has 0 radical (unpaired) electrons. The van der Waals surface area contributed by atoms with Gasteiger partial charge in [0, 0.05) is 21.2 Å². The molecule has 0 atom stereocenters. The summed E-state index contributed by atoms with van der Waals surface area (Å²) in [5.41, 5.74) is 0.812. The smallest absolute Gasteiger partial charge is 0.0859 e. The second-order valence-corrected chi connectivity index (χ2v) is 5.69. The molecule has 84 valence electrons. The SMILES string of the molecule is OCc1nccc2sc(CCC3CC3)cc12.